The highest BCUT2D eigenvalue weighted by Crippen LogP contribution is 2.21. The number of hydrogen-bond acceptors (Lipinski definition) is 3. The molecule has 0 atom stereocenters. The molecule has 3 rings (SSSR count). The van der Waals surface area contributed by atoms with Crippen LogP contribution in [0.3, 0.4) is 0 Å². The fourth-order valence-electron chi connectivity index (χ4n) is 2.25. The zero-order valence-corrected chi connectivity index (χ0v) is 13.5. The highest BCUT2D eigenvalue weighted by Gasteiger charge is 2.13. The zero-order valence-electron chi connectivity index (χ0n) is 12.7. The van der Waals surface area contributed by atoms with Crippen molar-refractivity contribution in [2.24, 2.45) is 0 Å². The third kappa shape index (κ3) is 3.18. The van der Waals surface area contributed by atoms with Gasteiger partial charge in [0, 0.05) is 17.0 Å². The van der Waals surface area contributed by atoms with Crippen LogP contribution < -0.4 is 15.6 Å². The van der Waals surface area contributed by atoms with Crippen molar-refractivity contribution in [3.63, 3.8) is 0 Å². The first kappa shape index (κ1) is 15.9. The van der Waals surface area contributed by atoms with Crippen molar-refractivity contribution in [1.29, 1.82) is 0 Å². The molecular formula is C17H14ClN3O3. The summed E-state index contributed by atoms with van der Waals surface area (Å²) in [6.07, 6.45) is 0. The summed E-state index contributed by atoms with van der Waals surface area (Å²) in [4.78, 5) is 27.2. The maximum absolute atomic E-state index is 12.2. The molecule has 0 aliphatic heterocycles. The molecule has 0 aliphatic carbocycles. The Morgan fingerprint density at radius 2 is 1.79 bits per heavy atom. The van der Waals surface area contributed by atoms with E-state index < -0.39 is 11.8 Å². The zero-order chi connectivity index (χ0) is 17.1. The van der Waals surface area contributed by atoms with Gasteiger partial charge in [0.2, 0.25) is 0 Å². The number of methoxy groups -OCH3 is 1. The Kier molecular flexibility index (Phi) is 4.39. The Bertz CT molecular complexity index is 920. The summed E-state index contributed by atoms with van der Waals surface area (Å²) in [5.74, 6) is -0.277. The Morgan fingerprint density at radius 1 is 1.04 bits per heavy atom. The fourth-order valence-corrected chi connectivity index (χ4v) is 2.47. The van der Waals surface area contributed by atoms with Gasteiger partial charge in [-0.3, -0.25) is 20.4 Å². The van der Waals surface area contributed by atoms with E-state index in [4.69, 9.17) is 16.3 Å². The average molecular weight is 344 g/mol. The summed E-state index contributed by atoms with van der Waals surface area (Å²) in [6.45, 7) is 0. The van der Waals surface area contributed by atoms with Crippen molar-refractivity contribution in [2.75, 3.05) is 7.11 Å². The number of hydrogen-bond donors (Lipinski definition) is 3. The second-order valence-corrected chi connectivity index (χ2v) is 5.43. The van der Waals surface area contributed by atoms with Crippen LogP contribution in [0, 0.1) is 0 Å². The minimum Gasteiger partial charge on any atom is -0.497 e. The molecule has 0 bridgehead atoms. The molecule has 1 heterocycles. The molecule has 0 saturated heterocycles. The molecule has 1 aromatic heterocycles. The van der Waals surface area contributed by atoms with E-state index in [0.717, 1.165) is 10.9 Å². The molecule has 7 heteroatoms. The van der Waals surface area contributed by atoms with E-state index in [2.05, 4.69) is 15.8 Å². The number of aromatic nitrogens is 1. The lowest BCUT2D eigenvalue weighted by molar-refractivity contribution is 0.0844. The van der Waals surface area contributed by atoms with Crippen molar-refractivity contribution < 1.29 is 14.3 Å². The lowest BCUT2D eigenvalue weighted by Gasteiger charge is -2.07. The van der Waals surface area contributed by atoms with E-state index >= 15 is 0 Å². The van der Waals surface area contributed by atoms with Gasteiger partial charge in [-0.1, -0.05) is 23.7 Å². The number of halogens is 1. The highest BCUT2D eigenvalue weighted by molar-refractivity contribution is 6.33. The van der Waals surface area contributed by atoms with Crippen molar-refractivity contribution in [1.82, 2.24) is 15.8 Å². The first-order valence-electron chi connectivity index (χ1n) is 7.10. The third-order valence-electron chi connectivity index (χ3n) is 3.48. The van der Waals surface area contributed by atoms with Crippen molar-refractivity contribution >= 4 is 34.3 Å². The Morgan fingerprint density at radius 3 is 2.54 bits per heavy atom. The summed E-state index contributed by atoms with van der Waals surface area (Å²) in [7, 11) is 1.57. The number of fused-ring (bicyclic) bond motifs is 1. The number of carbonyl (C=O) groups is 2. The summed E-state index contributed by atoms with van der Waals surface area (Å²) in [6, 6.07) is 13.7. The summed E-state index contributed by atoms with van der Waals surface area (Å²) >= 11 is 5.94. The van der Waals surface area contributed by atoms with Gasteiger partial charge in [0.25, 0.3) is 11.8 Å². The minimum absolute atomic E-state index is 0.279. The quantitative estimate of drug-likeness (QED) is 0.639. The predicted molar refractivity (Wildman–Crippen MR) is 91.2 cm³/mol. The second-order valence-electron chi connectivity index (χ2n) is 5.02. The lowest BCUT2D eigenvalue weighted by Crippen LogP contribution is -2.41. The summed E-state index contributed by atoms with van der Waals surface area (Å²) in [5, 5.41) is 1.17. The molecule has 6 nitrogen and oxygen atoms in total. The first-order valence-corrected chi connectivity index (χ1v) is 7.48. The van der Waals surface area contributed by atoms with Crippen LogP contribution in [0.1, 0.15) is 20.8 Å². The third-order valence-corrected chi connectivity index (χ3v) is 3.81. The minimum atomic E-state index is -0.494. The molecule has 2 aromatic carbocycles. The maximum Gasteiger partial charge on any atom is 0.286 e. The number of aromatic amines is 1. The standard InChI is InChI=1S/C17H14ClN3O3/c1-24-11-7-6-10-8-15(19-14(10)9-11)17(23)21-20-16(22)12-4-2-3-5-13(12)18/h2-9,19H,1H3,(H,20,22)(H,21,23). The Balaban J connectivity index is 1.71. The number of benzene rings is 2. The molecule has 0 spiro atoms. The van der Waals surface area contributed by atoms with Gasteiger partial charge in [0.15, 0.2) is 0 Å². The van der Waals surface area contributed by atoms with Gasteiger partial charge in [-0.05, 0) is 30.3 Å². The second kappa shape index (κ2) is 6.64. The molecule has 0 radical (unpaired) electrons. The molecule has 0 fully saturated rings. The van der Waals surface area contributed by atoms with Crippen molar-refractivity contribution in [2.45, 2.75) is 0 Å². The van der Waals surface area contributed by atoms with Crippen LogP contribution in [0.2, 0.25) is 5.02 Å². The first-order chi connectivity index (χ1) is 11.6. The molecule has 0 unspecified atom stereocenters. The molecule has 0 saturated carbocycles. The van der Waals surface area contributed by atoms with E-state index in [9.17, 15) is 9.59 Å². The number of carbonyl (C=O) groups excluding carboxylic acids is 2. The number of H-pyrrole nitrogens is 1. The molecule has 3 N–H and O–H groups in total. The topological polar surface area (TPSA) is 83.2 Å². The fraction of sp³-hybridized carbons (Fsp3) is 0.0588. The summed E-state index contributed by atoms with van der Waals surface area (Å²) in [5.41, 5.74) is 6.05. The molecule has 2 amide bonds. The number of rotatable bonds is 3. The smallest absolute Gasteiger partial charge is 0.286 e. The number of hydrazine groups is 1. The molecule has 24 heavy (non-hydrogen) atoms. The normalized spacial score (nSPS) is 10.4. The van der Waals surface area contributed by atoms with Crippen LogP contribution in [0.25, 0.3) is 10.9 Å². The molecular weight excluding hydrogens is 330 g/mol. The molecule has 3 aromatic rings. The SMILES string of the molecule is COc1ccc2cc(C(=O)NNC(=O)c3ccccc3Cl)[nH]c2c1. The van der Waals surface area contributed by atoms with Gasteiger partial charge in [0.1, 0.15) is 11.4 Å². The van der Waals surface area contributed by atoms with Crippen LogP contribution >= 0.6 is 11.6 Å². The van der Waals surface area contributed by atoms with Crippen LogP contribution in [-0.2, 0) is 0 Å². The van der Waals surface area contributed by atoms with Crippen LogP contribution in [-0.4, -0.2) is 23.9 Å². The lowest BCUT2D eigenvalue weighted by atomic mass is 10.2. The van der Waals surface area contributed by atoms with E-state index in [-0.39, 0.29) is 5.56 Å². The van der Waals surface area contributed by atoms with Crippen LogP contribution in [0.5, 0.6) is 5.75 Å². The average Bonchev–Trinajstić information content (AvgIpc) is 3.02. The number of amides is 2. The Hall–Kier alpha value is -2.99. The van der Waals surface area contributed by atoms with E-state index in [1.54, 1.807) is 49.6 Å². The van der Waals surface area contributed by atoms with E-state index in [0.29, 0.717) is 16.5 Å². The predicted octanol–water partition coefficient (Wildman–Crippen LogP) is 2.90. The number of nitrogens with one attached hydrogen (secondary N) is 3. The van der Waals surface area contributed by atoms with E-state index in [1.807, 2.05) is 6.07 Å². The van der Waals surface area contributed by atoms with Gasteiger partial charge < -0.3 is 9.72 Å². The van der Waals surface area contributed by atoms with Gasteiger partial charge in [-0.15, -0.1) is 0 Å². The van der Waals surface area contributed by atoms with Gasteiger partial charge >= 0.3 is 0 Å². The van der Waals surface area contributed by atoms with Crippen molar-refractivity contribution in [3.8, 4) is 5.75 Å². The van der Waals surface area contributed by atoms with E-state index in [1.165, 1.54) is 0 Å². The molecule has 0 aliphatic rings. The van der Waals surface area contributed by atoms with Crippen LogP contribution in [0.4, 0.5) is 0 Å². The monoisotopic (exact) mass is 343 g/mol. The van der Waals surface area contributed by atoms with Crippen molar-refractivity contribution in [3.05, 3.63) is 64.8 Å². The van der Waals surface area contributed by atoms with Gasteiger partial charge in [-0.2, -0.15) is 0 Å². The summed E-state index contributed by atoms with van der Waals surface area (Å²) < 4.78 is 5.14. The maximum atomic E-state index is 12.2. The van der Waals surface area contributed by atoms with Gasteiger partial charge in [-0.25, -0.2) is 0 Å². The largest absolute Gasteiger partial charge is 0.497 e. The molecule has 122 valence electrons. The van der Waals surface area contributed by atoms with Gasteiger partial charge in [0.05, 0.1) is 17.7 Å². The number of ether oxygens (including phenoxy) is 1. The van der Waals surface area contributed by atoms with Crippen LogP contribution in [0.15, 0.2) is 48.5 Å². The highest BCUT2D eigenvalue weighted by atomic mass is 35.5. The Labute approximate surface area is 142 Å².